The lowest BCUT2D eigenvalue weighted by Crippen LogP contribution is -2.33. The molecule has 0 bridgehead atoms. The highest BCUT2D eigenvalue weighted by Crippen LogP contribution is 2.33. The van der Waals surface area contributed by atoms with Gasteiger partial charge in [-0.3, -0.25) is 0 Å². The molecule has 1 nitrogen and oxygen atoms in total. The number of rotatable bonds is 7. The van der Waals surface area contributed by atoms with Gasteiger partial charge in [-0.05, 0) is 33.6 Å². The first kappa shape index (κ1) is 15.4. The number of halogens is 1. The Labute approximate surface area is 104 Å². The average molecular weight is 279 g/mol. The lowest BCUT2D eigenvalue weighted by molar-refractivity contribution is -0.0507. The fraction of sp³-hybridized carbons (Fsp3) is 1.00. The van der Waals surface area contributed by atoms with E-state index in [1.807, 2.05) is 0 Å². The number of ether oxygens (including phenoxy) is 1. The van der Waals surface area contributed by atoms with E-state index < -0.39 is 0 Å². The predicted molar refractivity (Wildman–Crippen MR) is 71.7 cm³/mol. The van der Waals surface area contributed by atoms with Gasteiger partial charge in [0.2, 0.25) is 0 Å². The number of alkyl halides is 1. The van der Waals surface area contributed by atoms with E-state index >= 15 is 0 Å². The van der Waals surface area contributed by atoms with Gasteiger partial charge in [0.25, 0.3) is 0 Å². The lowest BCUT2D eigenvalue weighted by Gasteiger charge is -2.34. The Morgan fingerprint density at radius 3 is 1.73 bits per heavy atom. The van der Waals surface area contributed by atoms with Crippen LogP contribution in [0.4, 0.5) is 0 Å². The molecule has 0 saturated carbocycles. The zero-order valence-corrected chi connectivity index (χ0v) is 12.6. The Balaban J connectivity index is 4.33. The van der Waals surface area contributed by atoms with E-state index in [2.05, 4.69) is 50.5 Å². The summed E-state index contributed by atoms with van der Waals surface area (Å²) < 4.78 is 5.96. The first-order chi connectivity index (χ1) is 6.89. The fourth-order valence-corrected chi connectivity index (χ4v) is 2.59. The third kappa shape index (κ3) is 6.57. The molecule has 0 N–H and O–H groups in total. The monoisotopic (exact) mass is 278 g/mol. The second-order valence-electron chi connectivity index (χ2n) is 5.53. The van der Waals surface area contributed by atoms with Crippen LogP contribution in [0.25, 0.3) is 0 Å². The Morgan fingerprint density at radius 2 is 1.47 bits per heavy atom. The normalized spacial score (nSPS) is 13.2. The fourth-order valence-electron chi connectivity index (χ4n) is 1.87. The van der Waals surface area contributed by atoms with Crippen molar-refractivity contribution in [3.63, 3.8) is 0 Å². The van der Waals surface area contributed by atoms with Gasteiger partial charge in [-0.25, -0.2) is 0 Å². The van der Waals surface area contributed by atoms with Crippen LogP contribution >= 0.6 is 15.9 Å². The third-order valence-corrected chi connectivity index (χ3v) is 3.84. The molecule has 0 rings (SSSR count). The summed E-state index contributed by atoms with van der Waals surface area (Å²) >= 11 is 3.66. The van der Waals surface area contributed by atoms with Gasteiger partial charge < -0.3 is 4.74 Å². The highest BCUT2D eigenvalue weighted by atomic mass is 79.9. The van der Waals surface area contributed by atoms with Crippen LogP contribution in [0.2, 0.25) is 0 Å². The van der Waals surface area contributed by atoms with E-state index in [-0.39, 0.29) is 5.60 Å². The smallest absolute Gasteiger partial charge is 0.0598 e. The second-order valence-corrected chi connectivity index (χ2v) is 6.10. The van der Waals surface area contributed by atoms with Crippen LogP contribution in [-0.2, 0) is 4.74 Å². The van der Waals surface area contributed by atoms with Crippen LogP contribution in [0.15, 0.2) is 0 Å². The summed E-state index contributed by atoms with van der Waals surface area (Å²) in [7, 11) is 0. The topological polar surface area (TPSA) is 9.23 Å². The highest BCUT2D eigenvalue weighted by Gasteiger charge is 2.29. The molecule has 0 saturated heterocycles. The Hall–Kier alpha value is 0.440. The second kappa shape index (κ2) is 6.90. The summed E-state index contributed by atoms with van der Waals surface area (Å²) in [6.45, 7) is 11.8. The van der Waals surface area contributed by atoms with E-state index in [1.165, 1.54) is 25.7 Å². The van der Waals surface area contributed by atoms with Gasteiger partial charge in [-0.1, -0.05) is 42.6 Å². The zero-order chi connectivity index (χ0) is 11.9. The van der Waals surface area contributed by atoms with Crippen LogP contribution in [0.1, 0.15) is 60.3 Å². The molecule has 0 radical (unpaired) electrons. The minimum atomic E-state index is -0.0189. The molecule has 0 atom stereocenters. The number of hydrogen-bond donors (Lipinski definition) is 0. The number of hydrogen-bond acceptors (Lipinski definition) is 1. The van der Waals surface area contributed by atoms with Crippen molar-refractivity contribution < 1.29 is 4.74 Å². The summed E-state index contributed by atoms with van der Waals surface area (Å²) in [5.41, 5.74) is 0.325. The first-order valence-corrected chi connectivity index (χ1v) is 7.21. The van der Waals surface area contributed by atoms with E-state index in [0.29, 0.717) is 5.41 Å². The molecule has 0 fully saturated rings. The molecule has 2 heteroatoms. The molecule has 0 aromatic carbocycles. The molecule has 0 heterocycles. The lowest BCUT2D eigenvalue weighted by atomic mass is 9.82. The van der Waals surface area contributed by atoms with Crippen LogP contribution in [0, 0.1) is 5.41 Å². The standard InChI is InChI=1S/C13H27BrO/c1-6-8-13(10-14,9-7-2)11-15-12(3,4)5/h6-11H2,1-5H3. The van der Waals surface area contributed by atoms with Crippen molar-refractivity contribution >= 4 is 15.9 Å². The molecule has 15 heavy (non-hydrogen) atoms. The van der Waals surface area contributed by atoms with Crippen molar-refractivity contribution in [3.8, 4) is 0 Å². The van der Waals surface area contributed by atoms with Gasteiger partial charge in [0.15, 0.2) is 0 Å². The largest absolute Gasteiger partial charge is 0.375 e. The summed E-state index contributed by atoms with van der Waals surface area (Å²) in [6.07, 6.45) is 4.97. The summed E-state index contributed by atoms with van der Waals surface area (Å²) in [5.74, 6) is 0. The summed E-state index contributed by atoms with van der Waals surface area (Å²) in [5, 5.41) is 1.05. The van der Waals surface area contributed by atoms with Crippen LogP contribution < -0.4 is 0 Å². The molecule has 0 aromatic heterocycles. The Morgan fingerprint density at radius 1 is 1.00 bits per heavy atom. The zero-order valence-electron chi connectivity index (χ0n) is 11.0. The van der Waals surface area contributed by atoms with Crippen molar-refractivity contribution in [1.29, 1.82) is 0 Å². The van der Waals surface area contributed by atoms with Gasteiger partial charge >= 0.3 is 0 Å². The molecule has 0 aliphatic carbocycles. The average Bonchev–Trinajstić information content (AvgIpc) is 2.14. The molecular weight excluding hydrogens is 252 g/mol. The minimum Gasteiger partial charge on any atom is -0.375 e. The van der Waals surface area contributed by atoms with E-state index in [1.54, 1.807) is 0 Å². The molecule has 0 aliphatic heterocycles. The summed E-state index contributed by atoms with van der Waals surface area (Å²) in [4.78, 5) is 0. The van der Waals surface area contributed by atoms with Crippen LogP contribution in [0.5, 0.6) is 0 Å². The minimum absolute atomic E-state index is 0.0189. The summed E-state index contributed by atoms with van der Waals surface area (Å²) in [6, 6.07) is 0. The van der Waals surface area contributed by atoms with Crippen molar-refractivity contribution in [2.75, 3.05) is 11.9 Å². The molecule has 0 aliphatic rings. The third-order valence-electron chi connectivity index (χ3n) is 2.66. The van der Waals surface area contributed by atoms with Crippen LogP contribution in [-0.4, -0.2) is 17.5 Å². The maximum Gasteiger partial charge on any atom is 0.0598 e. The SMILES string of the molecule is CCCC(CBr)(CCC)COC(C)(C)C. The highest BCUT2D eigenvalue weighted by molar-refractivity contribution is 9.09. The van der Waals surface area contributed by atoms with Crippen LogP contribution in [0.3, 0.4) is 0 Å². The molecule has 0 spiro atoms. The van der Waals surface area contributed by atoms with Crippen molar-refractivity contribution in [2.24, 2.45) is 5.41 Å². The molecule has 92 valence electrons. The molecule has 0 unspecified atom stereocenters. The molecular formula is C13H27BrO. The van der Waals surface area contributed by atoms with E-state index in [0.717, 1.165) is 11.9 Å². The quantitative estimate of drug-likeness (QED) is 0.609. The first-order valence-electron chi connectivity index (χ1n) is 6.09. The maximum atomic E-state index is 5.96. The van der Waals surface area contributed by atoms with Crippen molar-refractivity contribution in [2.45, 2.75) is 65.9 Å². The van der Waals surface area contributed by atoms with Gasteiger partial charge in [0, 0.05) is 10.7 Å². The molecule has 0 amide bonds. The van der Waals surface area contributed by atoms with Crippen molar-refractivity contribution in [1.82, 2.24) is 0 Å². The Kier molecular flexibility index (Phi) is 7.10. The van der Waals surface area contributed by atoms with E-state index in [9.17, 15) is 0 Å². The van der Waals surface area contributed by atoms with Gasteiger partial charge in [0.1, 0.15) is 0 Å². The van der Waals surface area contributed by atoms with Crippen molar-refractivity contribution in [3.05, 3.63) is 0 Å². The van der Waals surface area contributed by atoms with Gasteiger partial charge in [-0.2, -0.15) is 0 Å². The van der Waals surface area contributed by atoms with Gasteiger partial charge in [-0.15, -0.1) is 0 Å². The molecule has 0 aromatic rings. The van der Waals surface area contributed by atoms with Gasteiger partial charge in [0.05, 0.1) is 12.2 Å². The van der Waals surface area contributed by atoms with E-state index in [4.69, 9.17) is 4.74 Å². The Bertz CT molecular complexity index is 154. The maximum absolute atomic E-state index is 5.96. The predicted octanol–water partition coefficient (Wildman–Crippen LogP) is 4.78.